The number of hydrogen-bond donors (Lipinski definition) is 0. The van der Waals surface area contributed by atoms with E-state index >= 15 is 0 Å². The number of non-ortho nitro benzene ring substituents is 1. The van der Waals surface area contributed by atoms with Crippen LogP contribution in [0.3, 0.4) is 0 Å². The van der Waals surface area contributed by atoms with Crippen LogP contribution >= 0.6 is 0 Å². The average molecular weight is 261 g/mol. The molecule has 0 radical (unpaired) electrons. The highest BCUT2D eigenvalue weighted by Crippen LogP contribution is 2.19. The molecular formula is C13H15N3O3. The van der Waals surface area contributed by atoms with Crippen molar-refractivity contribution in [3.63, 3.8) is 0 Å². The van der Waals surface area contributed by atoms with Crippen molar-refractivity contribution in [3.8, 4) is 5.75 Å². The molecule has 1 aromatic heterocycles. The van der Waals surface area contributed by atoms with Gasteiger partial charge in [-0.15, -0.1) is 0 Å². The lowest BCUT2D eigenvalue weighted by molar-refractivity contribution is -0.384. The van der Waals surface area contributed by atoms with Gasteiger partial charge in [0.25, 0.3) is 5.69 Å². The third-order valence-corrected chi connectivity index (χ3v) is 2.67. The van der Waals surface area contributed by atoms with Crippen LogP contribution in [0.2, 0.25) is 0 Å². The van der Waals surface area contributed by atoms with Gasteiger partial charge in [-0.05, 0) is 18.9 Å². The van der Waals surface area contributed by atoms with E-state index in [4.69, 9.17) is 4.74 Å². The number of aryl methyl sites for hydroxylation is 1. The summed E-state index contributed by atoms with van der Waals surface area (Å²) >= 11 is 0. The Morgan fingerprint density at radius 3 is 3.00 bits per heavy atom. The Labute approximate surface area is 110 Å². The molecule has 0 saturated heterocycles. The number of nitrogens with zero attached hydrogens (tertiary/aromatic N) is 3. The molecule has 19 heavy (non-hydrogen) atoms. The largest absolute Gasteiger partial charge is 0.493 e. The number of aromatic nitrogens is 2. The Bertz CT molecular complexity index is 526. The molecule has 0 aliphatic carbocycles. The third-order valence-electron chi connectivity index (χ3n) is 2.67. The summed E-state index contributed by atoms with van der Waals surface area (Å²) in [6, 6.07) is 6.24. The zero-order chi connectivity index (χ0) is 13.5. The van der Waals surface area contributed by atoms with E-state index in [-0.39, 0.29) is 5.69 Å². The summed E-state index contributed by atoms with van der Waals surface area (Å²) in [7, 11) is 0. The first kappa shape index (κ1) is 13.1. The van der Waals surface area contributed by atoms with Gasteiger partial charge in [-0.2, -0.15) is 0 Å². The number of nitro benzene ring substituents is 1. The second-order valence-corrected chi connectivity index (χ2v) is 4.11. The molecule has 1 aromatic carbocycles. The van der Waals surface area contributed by atoms with Gasteiger partial charge in [-0.3, -0.25) is 10.1 Å². The Kier molecular flexibility index (Phi) is 4.49. The lowest BCUT2D eigenvalue weighted by Crippen LogP contribution is -2.01. The molecule has 6 heteroatoms. The minimum atomic E-state index is -0.425. The Hall–Kier alpha value is -2.37. The number of imidazole rings is 1. The van der Waals surface area contributed by atoms with Crippen molar-refractivity contribution in [1.82, 2.24) is 9.55 Å². The van der Waals surface area contributed by atoms with Crippen molar-refractivity contribution in [2.24, 2.45) is 0 Å². The van der Waals surface area contributed by atoms with Gasteiger partial charge in [-0.1, -0.05) is 6.07 Å². The highest BCUT2D eigenvalue weighted by Gasteiger charge is 2.05. The van der Waals surface area contributed by atoms with E-state index < -0.39 is 4.92 Å². The van der Waals surface area contributed by atoms with E-state index in [1.807, 2.05) is 10.8 Å². The average Bonchev–Trinajstić information content (AvgIpc) is 2.92. The fourth-order valence-corrected chi connectivity index (χ4v) is 1.69. The standard InChI is InChI=1S/C13H15N3O3/c17-16(18)12-4-3-5-13(10-12)19-9-2-1-7-15-8-6-14-11-15/h3-6,8,10-11H,1-2,7,9H2. The molecule has 0 spiro atoms. The third kappa shape index (κ3) is 4.09. The SMILES string of the molecule is O=[N+]([O-])c1cccc(OCCCCn2ccnc2)c1. The number of benzene rings is 1. The quantitative estimate of drug-likeness (QED) is 0.436. The summed E-state index contributed by atoms with van der Waals surface area (Å²) in [4.78, 5) is 14.1. The van der Waals surface area contributed by atoms with Crippen LogP contribution in [-0.4, -0.2) is 21.1 Å². The summed E-state index contributed by atoms with van der Waals surface area (Å²) in [6.45, 7) is 1.45. The molecular weight excluding hydrogens is 246 g/mol. The molecule has 0 atom stereocenters. The van der Waals surface area contributed by atoms with Crippen molar-refractivity contribution >= 4 is 5.69 Å². The molecule has 1 heterocycles. The monoisotopic (exact) mass is 261 g/mol. The number of nitro groups is 1. The van der Waals surface area contributed by atoms with Gasteiger partial charge >= 0.3 is 0 Å². The Balaban J connectivity index is 1.70. The van der Waals surface area contributed by atoms with Gasteiger partial charge in [-0.25, -0.2) is 4.98 Å². The van der Waals surface area contributed by atoms with Gasteiger partial charge < -0.3 is 9.30 Å². The van der Waals surface area contributed by atoms with Gasteiger partial charge in [0, 0.05) is 25.0 Å². The van der Waals surface area contributed by atoms with Crippen LogP contribution in [0, 0.1) is 10.1 Å². The zero-order valence-electron chi connectivity index (χ0n) is 10.4. The van der Waals surface area contributed by atoms with E-state index in [1.165, 1.54) is 12.1 Å². The Morgan fingerprint density at radius 1 is 1.37 bits per heavy atom. The number of ether oxygens (including phenoxy) is 1. The maximum Gasteiger partial charge on any atom is 0.273 e. The summed E-state index contributed by atoms with van der Waals surface area (Å²) in [5.41, 5.74) is 0.0518. The van der Waals surface area contributed by atoms with Crippen LogP contribution in [0.15, 0.2) is 43.0 Å². The second-order valence-electron chi connectivity index (χ2n) is 4.11. The maximum atomic E-state index is 10.6. The van der Waals surface area contributed by atoms with E-state index in [9.17, 15) is 10.1 Å². The molecule has 0 bridgehead atoms. The topological polar surface area (TPSA) is 70.2 Å². The molecule has 0 amide bonds. The van der Waals surface area contributed by atoms with Crippen LogP contribution < -0.4 is 4.74 Å². The van der Waals surface area contributed by atoms with Crippen LogP contribution in [0.4, 0.5) is 5.69 Å². The first-order valence-electron chi connectivity index (χ1n) is 6.09. The number of rotatable bonds is 7. The minimum Gasteiger partial charge on any atom is -0.493 e. The van der Waals surface area contributed by atoms with Crippen LogP contribution in [0.1, 0.15) is 12.8 Å². The molecule has 0 saturated carbocycles. The van der Waals surface area contributed by atoms with Crippen LogP contribution in [0.5, 0.6) is 5.75 Å². The van der Waals surface area contributed by atoms with Gasteiger partial charge in [0.1, 0.15) is 5.75 Å². The molecule has 2 rings (SSSR count). The first-order valence-corrected chi connectivity index (χ1v) is 6.09. The molecule has 6 nitrogen and oxygen atoms in total. The number of unbranched alkanes of at least 4 members (excludes halogenated alkanes) is 1. The smallest absolute Gasteiger partial charge is 0.273 e. The highest BCUT2D eigenvalue weighted by atomic mass is 16.6. The minimum absolute atomic E-state index is 0.0518. The fourth-order valence-electron chi connectivity index (χ4n) is 1.69. The van der Waals surface area contributed by atoms with Crippen molar-refractivity contribution in [2.75, 3.05) is 6.61 Å². The molecule has 0 aliphatic heterocycles. The van der Waals surface area contributed by atoms with E-state index in [2.05, 4.69) is 4.98 Å². The predicted octanol–water partition coefficient (Wildman–Crippen LogP) is 2.65. The highest BCUT2D eigenvalue weighted by molar-refractivity contribution is 5.37. The normalized spacial score (nSPS) is 10.3. The van der Waals surface area contributed by atoms with E-state index in [0.717, 1.165) is 19.4 Å². The molecule has 0 N–H and O–H groups in total. The molecule has 0 aliphatic rings. The molecule has 0 fully saturated rings. The summed E-state index contributed by atoms with van der Waals surface area (Å²) < 4.78 is 7.49. The van der Waals surface area contributed by atoms with E-state index in [0.29, 0.717) is 12.4 Å². The summed E-state index contributed by atoms with van der Waals surface area (Å²) in [5.74, 6) is 0.539. The lowest BCUT2D eigenvalue weighted by atomic mass is 10.3. The van der Waals surface area contributed by atoms with Crippen molar-refractivity contribution < 1.29 is 9.66 Å². The maximum absolute atomic E-state index is 10.6. The van der Waals surface area contributed by atoms with Gasteiger partial charge in [0.2, 0.25) is 0 Å². The fraction of sp³-hybridized carbons (Fsp3) is 0.308. The number of hydrogen-bond acceptors (Lipinski definition) is 4. The Morgan fingerprint density at radius 2 is 2.26 bits per heavy atom. The molecule has 0 unspecified atom stereocenters. The van der Waals surface area contributed by atoms with Crippen molar-refractivity contribution in [3.05, 3.63) is 53.1 Å². The van der Waals surface area contributed by atoms with E-state index in [1.54, 1.807) is 24.7 Å². The summed E-state index contributed by atoms with van der Waals surface area (Å²) in [6.07, 6.45) is 7.31. The summed E-state index contributed by atoms with van der Waals surface area (Å²) in [5, 5.41) is 10.6. The van der Waals surface area contributed by atoms with Gasteiger partial charge in [0.15, 0.2) is 0 Å². The second kappa shape index (κ2) is 6.53. The molecule has 100 valence electrons. The van der Waals surface area contributed by atoms with Crippen molar-refractivity contribution in [1.29, 1.82) is 0 Å². The molecule has 2 aromatic rings. The van der Waals surface area contributed by atoms with Gasteiger partial charge in [0.05, 0.1) is 23.9 Å². The predicted molar refractivity (Wildman–Crippen MR) is 70.1 cm³/mol. The first-order chi connectivity index (χ1) is 9.25. The van der Waals surface area contributed by atoms with Crippen LogP contribution in [0.25, 0.3) is 0 Å². The lowest BCUT2D eigenvalue weighted by Gasteiger charge is -2.06. The van der Waals surface area contributed by atoms with Crippen molar-refractivity contribution in [2.45, 2.75) is 19.4 Å². The van der Waals surface area contributed by atoms with Crippen LogP contribution in [-0.2, 0) is 6.54 Å². The zero-order valence-corrected chi connectivity index (χ0v) is 10.4.